The first kappa shape index (κ1) is 23.4. The van der Waals surface area contributed by atoms with Gasteiger partial charge in [-0.3, -0.25) is 9.78 Å². The quantitative estimate of drug-likeness (QED) is 0.607. The maximum absolute atomic E-state index is 13.2. The lowest BCUT2D eigenvalue weighted by molar-refractivity contribution is -0.118. The monoisotopic (exact) mass is 461 g/mol. The number of hydrogen-bond acceptors (Lipinski definition) is 5. The van der Waals surface area contributed by atoms with Crippen LogP contribution in [0.15, 0.2) is 41.1 Å². The first-order valence-corrected chi connectivity index (χ1v) is 12.7. The molecule has 0 spiro atoms. The number of hydrogen-bond donors (Lipinski definition) is 1. The Labute approximate surface area is 189 Å². The lowest BCUT2D eigenvalue weighted by atomic mass is 9.87. The number of allylic oxidation sites excluding steroid dienone is 1. The Morgan fingerprint density at radius 3 is 2.48 bits per heavy atom. The summed E-state index contributed by atoms with van der Waals surface area (Å²) < 4.78 is 23.8. The number of anilines is 1. The molecule has 3 rings (SSSR count). The van der Waals surface area contributed by atoms with Crippen molar-refractivity contribution in [3.63, 3.8) is 0 Å². The van der Waals surface area contributed by atoms with Crippen LogP contribution < -0.4 is 5.32 Å². The molecule has 1 saturated carbocycles. The van der Waals surface area contributed by atoms with Crippen LogP contribution in [0, 0.1) is 5.92 Å². The number of amides is 1. The van der Waals surface area contributed by atoms with Gasteiger partial charge in [0.1, 0.15) is 0 Å². The van der Waals surface area contributed by atoms with Crippen LogP contribution >= 0.6 is 11.6 Å². The second kappa shape index (κ2) is 9.92. The Kier molecular flexibility index (Phi) is 7.49. The molecule has 0 bridgehead atoms. The smallest absolute Gasteiger partial charge is 0.233 e. The average Bonchev–Trinajstić information content (AvgIpc) is 3.19. The minimum absolute atomic E-state index is 0.0682. The molecule has 0 saturated heterocycles. The molecular weight excluding hydrogens is 434 g/mol. The number of nitrogens with zero attached hydrogens (tertiary/aromatic N) is 2. The van der Waals surface area contributed by atoms with Gasteiger partial charge in [-0.25, -0.2) is 13.4 Å². The molecular formula is C23H28ClN3O3S. The predicted octanol–water partition coefficient (Wildman–Crippen LogP) is 5.26. The van der Waals surface area contributed by atoms with E-state index in [1.165, 1.54) is 18.9 Å². The van der Waals surface area contributed by atoms with Crippen molar-refractivity contribution in [2.45, 2.75) is 56.8 Å². The van der Waals surface area contributed by atoms with Crippen molar-refractivity contribution in [2.24, 2.45) is 5.92 Å². The molecule has 1 aromatic carbocycles. The van der Waals surface area contributed by atoms with E-state index in [4.69, 9.17) is 11.6 Å². The van der Waals surface area contributed by atoms with E-state index >= 15 is 0 Å². The molecule has 0 unspecified atom stereocenters. The third kappa shape index (κ3) is 6.37. The lowest BCUT2D eigenvalue weighted by Gasteiger charge is -2.21. The van der Waals surface area contributed by atoms with Crippen molar-refractivity contribution in [1.82, 2.24) is 9.97 Å². The molecule has 2 aromatic rings. The van der Waals surface area contributed by atoms with Crippen LogP contribution in [0.2, 0.25) is 5.02 Å². The summed E-state index contributed by atoms with van der Waals surface area (Å²) in [6, 6.07) is 4.77. The van der Waals surface area contributed by atoms with Gasteiger partial charge in [-0.05, 0) is 50.0 Å². The van der Waals surface area contributed by atoms with Gasteiger partial charge in [0.2, 0.25) is 5.91 Å². The Morgan fingerprint density at radius 1 is 1.23 bits per heavy atom. The van der Waals surface area contributed by atoms with Crippen LogP contribution in [-0.2, 0) is 14.6 Å². The Hall–Kier alpha value is -2.25. The van der Waals surface area contributed by atoms with E-state index in [9.17, 15) is 13.2 Å². The maximum atomic E-state index is 13.2. The fourth-order valence-electron chi connectivity index (χ4n) is 3.99. The molecule has 8 heteroatoms. The summed E-state index contributed by atoms with van der Waals surface area (Å²) in [5.41, 5.74) is 2.54. The van der Waals surface area contributed by atoms with E-state index in [0.29, 0.717) is 23.7 Å². The van der Waals surface area contributed by atoms with Crippen LogP contribution in [0.3, 0.4) is 0 Å². The highest BCUT2D eigenvalue weighted by atomic mass is 35.5. The molecule has 1 fully saturated rings. The van der Waals surface area contributed by atoms with Crippen LogP contribution in [-0.4, -0.2) is 30.5 Å². The summed E-state index contributed by atoms with van der Waals surface area (Å²) in [5, 5.41) is 3.00. The molecule has 31 heavy (non-hydrogen) atoms. The van der Waals surface area contributed by atoms with Gasteiger partial charge in [-0.2, -0.15) is 0 Å². The number of rotatable bonds is 7. The Bertz CT molecular complexity index is 1070. The summed E-state index contributed by atoms with van der Waals surface area (Å²) >= 11 is 6.26. The topological polar surface area (TPSA) is 89.0 Å². The van der Waals surface area contributed by atoms with Crippen molar-refractivity contribution in [3.05, 3.63) is 52.4 Å². The van der Waals surface area contributed by atoms with E-state index in [-0.39, 0.29) is 15.8 Å². The summed E-state index contributed by atoms with van der Waals surface area (Å²) in [6.45, 7) is 3.95. The maximum Gasteiger partial charge on any atom is 0.233 e. The number of benzene rings is 1. The molecule has 0 aliphatic heterocycles. The van der Waals surface area contributed by atoms with Gasteiger partial charge in [-0.1, -0.05) is 48.9 Å². The van der Waals surface area contributed by atoms with Crippen molar-refractivity contribution >= 4 is 39.2 Å². The van der Waals surface area contributed by atoms with E-state index in [0.717, 1.165) is 30.4 Å². The van der Waals surface area contributed by atoms with E-state index in [1.54, 1.807) is 24.5 Å². The van der Waals surface area contributed by atoms with Gasteiger partial charge in [0, 0.05) is 6.26 Å². The zero-order valence-electron chi connectivity index (χ0n) is 18.1. The zero-order chi connectivity index (χ0) is 22.6. The molecule has 1 atom stereocenters. The molecule has 166 valence electrons. The third-order valence-corrected chi connectivity index (χ3v) is 7.06. The van der Waals surface area contributed by atoms with E-state index in [2.05, 4.69) is 15.3 Å². The number of nitrogens with one attached hydrogen (secondary N) is 1. The summed E-state index contributed by atoms with van der Waals surface area (Å²) in [4.78, 5) is 21.9. The third-order valence-electron chi connectivity index (χ3n) is 5.48. The number of sulfone groups is 1. The van der Waals surface area contributed by atoms with Gasteiger partial charge in [0.15, 0.2) is 15.7 Å². The zero-order valence-corrected chi connectivity index (χ0v) is 19.6. The van der Waals surface area contributed by atoms with Crippen molar-refractivity contribution in [3.8, 4) is 0 Å². The molecule has 1 aliphatic carbocycles. The van der Waals surface area contributed by atoms with Crippen molar-refractivity contribution in [2.75, 3.05) is 11.6 Å². The molecule has 1 aliphatic rings. The average molecular weight is 462 g/mol. The van der Waals surface area contributed by atoms with Crippen LogP contribution in [0.25, 0.3) is 6.08 Å². The minimum atomic E-state index is -3.44. The second-order valence-electron chi connectivity index (χ2n) is 8.44. The van der Waals surface area contributed by atoms with E-state index < -0.39 is 15.8 Å². The predicted molar refractivity (Wildman–Crippen MR) is 124 cm³/mol. The first-order valence-electron chi connectivity index (χ1n) is 10.4. The van der Waals surface area contributed by atoms with Gasteiger partial charge < -0.3 is 5.32 Å². The standard InChI is InChI=1S/C23H28ClN3O3S/c1-15(2)10-18-13-26-22(14-25-18)27-23(28)19(11-16-6-4-5-7-16)17-8-9-21(20(24)12-17)31(3,29)30/h8-10,12-14,16,19H,4-7,11H2,1-3H3,(H,26,27,28)/t19-/m1/s1. The largest absolute Gasteiger partial charge is 0.309 e. The Balaban J connectivity index is 1.85. The van der Waals surface area contributed by atoms with Gasteiger partial charge in [-0.15, -0.1) is 0 Å². The lowest BCUT2D eigenvalue weighted by Crippen LogP contribution is -2.24. The fraction of sp³-hybridized carbons (Fsp3) is 0.435. The highest BCUT2D eigenvalue weighted by molar-refractivity contribution is 7.90. The molecule has 1 amide bonds. The van der Waals surface area contributed by atoms with Gasteiger partial charge in [0.25, 0.3) is 0 Å². The summed E-state index contributed by atoms with van der Waals surface area (Å²) in [5.74, 6) is 0.189. The molecule has 6 nitrogen and oxygen atoms in total. The first-order chi connectivity index (χ1) is 14.6. The van der Waals surface area contributed by atoms with Crippen LogP contribution in [0.1, 0.15) is 63.1 Å². The number of carbonyl (C=O) groups is 1. The highest BCUT2D eigenvalue weighted by Gasteiger charge is 2.28. The van der Waals surface area contributed by atoms with Gasteiger partial charge >= 0.3 is 0 Å². The van der Waals surface area contributed by atoms with Gasteiger partial charge in [0.05, 0.1) is 33.9 Å². The summed E-state index contributed by atoms with van der Waals surface area (Å²) in [6.07, 6.45) is 11.4. The Morgan fingerprint density at radius 2 is 1.94 bits per heavy atom. The normalized spacial score (nSPS) is 15.5. The van der Waals surface area contributed by atoms with Crippen LogP contribution in [0.4, 0.5) is 5.82 Å². The SMILES string of the molecule is CC(C)=Cc1cnc(NC(=O)[C@H](CC2CCCC2)c2ccc(S(C)(=O)=O)c(Cl)c2)cn1. The number of aromatic nitrogens is 2. The molecule has 1 aromatic heterocycles. The van der Waals surface area contributed by atoms with Crippen molar-refractivity contribution < 1.29 is 13.2 Å². The van der Waals surface area contributed by atoms with E-state index in [1.807, 2.05) is 19.9 Å². The molecule has 1 N–H and O–H groups in total. The van der Waals surface area contributed by atoms with Crippen LogP contribution in [0.5, 0.6) is 0 Å². The van der Waals surface area contributed by atoms with Crippen molar-refractivity contribution in [1.29, 1.82) is 0 Å². The minimum Gasteiger partial charge on any atom is -0.309 e. The fourth-order valence-corrected chi connectivity index (χ4v) is 5.33. The second-order valence-corrected chi connectivity index (χ2v) is 10.8. The number of halogens is 1. The highest BCUT2D eigenvalue weighted by Crippen LogP contribution is 2.36. The molecule has 1 heterocycles. The summed E-state index contributed by atoms with van der Waals surface area (Å²) in [7, 11) is -3.44. The molecule has 0 radical (unpaired) electrons. The number of carbonyl (C=O) groups excluding carboxylic acids is 1.